The highest BCUT2D eigenvalue weighted by molar-refractivity contribution is 5.88. The molecule has 1 aliphatic heterocycles. The monoisotopic (exact) mass is 423 g/mol. The maximum absolute atomic E-state index is 11.7. The molecule has 0 aliphatic carbocycles. The fourth-order valence-electron chi connectivity index (χ4n) is 3.84. The largest absolute Gasteiger partial charge is 0.368 e. The number of nitrogens with zero attached hydrogens (tertiary/aromatic N) is 6. The van der Waals surface area contributed by atoms with E-state index in [-0.39, 0.29) is 6.03 Å². The van der Waals surface area contributed by atoms with Gasteiger partial charge >= 0.3 is 6.03 Å². The van der Waals surface area contributed by atoms with Gasteiger partial charge in [0.25, 0.3) is 0 Å². The van der Waals surface area contributed by atoms with E-state index in [2.05, 4.69) is 41.6 Å². The number of hydrogen-bond acceptors (Lipinski definition) is 6. The zero-order valence-electron chi connectivity index (χ0n) is 18.2. The molecule has 4 rings (SSSR count). The number of hydrogen-bond donors (Lipinski definition) is 3. The summed E-state index contributed by atoms with van der Waals surface area (Å²) in [5, 5.41) is 9.88. The van der Waals surface area contributed by atoms with Crippen molar-refractivity contribution in [1.82, 2.24) is 34.9 Å². The molecule has 0 aromatic carbocycles. The molecule has 1 saturated heterocycles. The van der Waals surface area contributed by atoms with Gasteiger partial charge in [-0.15, -0.1) is 0 Å². The fraction of sp³-hybridized carbons (Fsp3) is 0.429. The van der Waals surface area contributed by atoms with Crippen LogP contribution in [0.15, 0.2) is 30.6 Å². The van der Waals surface area contributed by atoms with Gasteiger partial charge in [-0.1, -0.05) is 0 Å². The molecule has 0 saturated carbocycles. The Hall–Kier alpha value is -3.40. The molecule has 10 nitrogen and oxygen atoms in total. The zero-order valence-corrected chi connectivity index (χ0v) is 18.2. The Bertz CT molecular complexity index is 1020. The number of H-pyrrole nitrogens is 1. The molecule has 1 aliphatic rings. The van der Waals surface area contributed by atoms with Crippen LogP contribution in [-0.2, 0) is 13.6 Å². The second-order valence-electron chi connectivity index (χ2n) is 7.63. The van der Waals surface area contributed by atoms with E-state index in [0.29, 0.717) is 12.4 Å². The quantitative estimate of drug-likeness (QED) is 0.560. The molecule has 3 N–H and O–H groups in total. The number of pyridine rings is 1. The van der Waals surface area contributed by atoms with Crippen molar-refractivity contribution in [1.29, 1.82) is 0 Å². The van der Waals surface area contributed by atoms with Gasteiger partial charge in [-0.2, -0.15) is 5.10 Å². The van der Waals surface area contributed by atoms with Crippen molar-refractivity contribution in [3.05, 3.63) is 42.0 Å². The highest BCUT2D eigenvalue weighted by Crippen LogP contribution is 2.24. The highest BCUT2D eigenvalue weighted by atomic mass is 16.2. The lowest BCUT2D eigenvalue weighted by molar-refractivity contribution is 0.243. The number of carbonyl (C=O) groups excluding carboxylic acids is 1. The van der Waals surface area contributed by atoms with Crippen molar-refractivity contribution in [2.45, 2.75) is 20.4 Å². The van der Waals surface area contributed by atoms with Gasteiger partial charge in [-0.3, -0.25) is 14.9 Å². The number of imidazole rings is 1. The van der Waals surface area contributed by atoms with Crippen LogP contribution in [0.25, 0.3) is 11.5 Å². The normalized spacial score (nSPS) is 14.6. The first-order valence-electron chi connectivity index (χ1n) is 10.6. The van der Waals surface area contributed by atoms with Crippen LogP contribution < -0.4 is 15.5 Å². The summed E-state index contributed by atoms with van der Waals surface area (Å²) in [5.41, 5.74) is 4.11. The number of nitrogens with one attached hydrogen (secondary N) is 3. The molecule has 0 radical (unpaired) electrons. The number of aryl methyl sites for hydroxylation is 2. The SMILES string of the molecule is CCNC(=O)Nc1cc(CN2CCN(c3ccc(-c4ncc[nH]4)nc3C)CC2)n(C)n1. The molecule has 10 heteroatoms. The minimum Gasteiger partial charge on any atom is -0.368 e. The first-order chi connectivity index (χ1) is 15.0. The van der Waals surface area contributed by atoms with Crippen molar-refractivity contribution in [2.24, 2.45) is 7.05 Å². The Kier molecular flexibility index (Phi) is 6.17. The lowest BCUT2D eigenvalue weighted by Gasteiger charge is -2.36. The van der Waals surface area contributed by atoms with E-state index in [0.717, 1.165) is 55.6 Å². The molecular weight excluding hydrogens is 394 g/mol. The van der Waals surface area contributed by atoms with E-state index in [4.69, 9.17) is 4.98 Å². The second-order valence-corrected chi connectivity index (χ2v) is 7.63. The maximum atomic E-state index is 11.7. The van der Waals surface area contributed by atoms with E-state index < -0.39 is 0 Å². The molecule has 164 valence electrons. The van der Waals surface area contributed by atoms with Gasteiger partial charge in [0.1, 0.15) is 5.69 Å². The first kappa shape index (κ1) is 20.9. The van der Waals surface area contributed by atoms with E-state index in [1.807, 2.05) is 37.7 Å². The van der Waals surface area contributed by atoms with Crippen LogP contribution in [0, 0.1) is 6.92 Å². The Morgan fingerprint density at radius 2 is 2.03 bits per heavy atom. The Balaban J connectivity index is 1.34. The maximum Gasteiger partial charge on any atom is 0.320 e. The summed E-state index contributed by atoms with van der Waals surface area (Å²) >= 11 is 0. The van der Waals surface area contributed by atoms with Gasteiger partial charge in [0, 0.05) is 64.8 Å². The van der Waals surface area contributed by atoms with Crippen LogP contribution in [0.1, 0.15) is 18.3 Å². The summed E-state index contributed by atoms with van der Waals surface area (Å²) in [5.74, 6) is 1.36. The van der Waals surface area contributed by atoms with E-state index in [1.165, 1.54) is 5.69 Å². The third-order valence-electron chi connectivity index (χ3n) is 5.45. The lowest BCUT2D eigenvalue weighted by atomic mass is 10.2. The van der Waals surface area contributed by atoms with E-state index in [9.17, 15) is 4.79 Å². The number of aromatic amines is 1. The van der Waals surface area contributed by atoms with Crippen molar-refractivity contribution >= 4 is 17.5 Å². The fourth-order valence-corrected chi connectivity index (χ4v) is 3.84. The molecule has 0 spiro atoms. The minimum absolute atomic E-state index is 0.234. The zero-order chi connectivity index (χ0) is 21.8. The predicted octanol–water partition coefficient (Wildman–Crippen LogP) is 1.98. The summed E-state index contributed by atoms with van der Waals surface area (Å²) in [4.78, 5) is 28.6. The molecule has 0 atom stereocenters. The van der Waals surface area contributed by atoms with Crippen LogP contribution in [0.4, 0.5) is 16.3 Å². The molecule has 0 bridgehead atoms. The molecule has 0 unspecified atom stereocenters. The summed E-state index contributed by atoms with van der Waals surface area (Å²) in [7, 11) is 1.91. The molecule has 31 heavy (non-hydrogen) atoms. The average Bonchev–Trinajstić information content (AvgIpc) is 3.39. The van der Waals surface area contributed by atoms with Gasteiger partial charge in [0.05, 0.1) is 17.1 Å². The van der Waals surface area contributed by atoms with Gasteiger partial charge in [-0.25, -0.2) is 14.8 Å². The number of piperazine rings is 1. The number of carbonyl (C=O) groups is 1. The molecule has 2 amide bonds. The Morgan fingerprint density at radius 1 is 1.23 bits per heavy atom. The lowest BCUT2D eigenvalue weighted by Crippen LogP contribution is -2.46. The third kappa shape index (κ3) is 4.85. The summed E-state index contributed by atoms with van der Waals surface area (Å²) in [6.45, 7) is 9.07. The van der Waals surface area contributed by atoms with Gasteiger partial charge in [0.2, 0.25) is 0 Å². The predicted molar refractivity (Wildman–Crippen MR) is 120 cm³/mol. The molecule has 3 aromatic rings. The minimum atomic E-state index is -0.234. The summed E-state index contributed by atoms with van der Waals surface area (Å²) in [6.07, 6.45) is 3.54. The number of rotatable bonds is 6. The van der Waals surface area contributed by atoms with Gasteiger partial charge in [0.15, 0.2) is 11.6 Å². The van der Waals surface area contributed by atoms with Crippen molar-refractivity contribution in [3.63, 3.8) is 0 Å². The van der Waals surface area contributed by atoms with Crippen LogP contribution in [0.3, 0.4) is 0 Å². The second kappa shape index (κ2) is 9.17. The van der Waals surface area contributed by atoms with Crippen LogP contribution in [0.2, 0.25) is 0 Å². The number of anilines is 2. The third-order valence-corrected chi connectivity index (χ3v) is 5.45. The van der Waals surface area contributed by atoms with Crippen molar-refractivity contribution in [2.75, 3.05) is 42.9 Å². The van der Waals surface area contributed by atoms with E-state index in [1.54, 1.807) is 12.4 Å². The molecule has 1 fully saturated rings. The molecular formula is C21H29N9O. The van der Waals surface area contributed by atoms with Crippen molar-refractivity contribution in [3.8, 4) is 11.5 Å². The summed E-state index contributed by atoms with van der Waals surface area (Å²) in [6, 6.07) is 5.86. The van der Waals surface area contributed by atoms with Gasteiger partial charge < -0.3 is 15.2 Å². The standard InChI is InChI=1S/C21H29N9O/c1-4-22-21(31)26-19-13-16(28(3)27-19)14-29-9-11-30(12-10-29)18-6-5-17(25-15(18)2)20-23-7-8-24-20/h5-8,13H,4,9-12,14H2,1-3H3,(H,23,24)(H2,22,26,27,31). The Morgan fingerprint density at radius 3 is 2.71 bits per heavy atom. The van der Waals surface area contributed by atoms with Gasteiger partial charge in [-0.05, 0) is 26.0 Å². The van der Waals surface area contributed by atoms with Crippen LogP contribution in [0.5, 0.6) is 0 Å². The summed E-state index contributed by atoms with van der Waals surface area (Å²) < 4.78 is 1.83. The number of aromatic nitrogens is 5. The number of amides is 2. The molecule has 4 heterocycles. The first-order valence-corrected chi connectivity index (χ1v) is 10.6. The topological polar surface area (TPSA) is 107 Å². The van der Waals surface area contributed by atoms with Crippen molar-refractivity contribution < 1.29 is 4.79 Å². The smallest absolute Gasteiger partial charge is 0.320 e. The number of urea groups is 1. The van der Waals surface area contributed by atoms with Crippen LogP contribution >= 0.6 is 0 Å². The highest BCUT2D eigenvalue weighted by Gasteiger charge is 2.21. The van der Waals surface area contributed by atoms with E-state index >= 15 is 0 Å². The van der Waals surface area contributed by atoms with Crippen LogP contribution in [-0.4, -0.2) is 68.4 Å². The average molecular weight is 424 g/mol. The Labute approximate surface area is 181 Å². The molecule has 3 aromatic heterocycles.